The molecule has 0 bridgehead atoms. The first-order valence-electron chi connectivity index (χ1n) is 7.16. The van der Waals surface area contributed by atoms with Crippen LogP contribution in [-0.4, -0.2) is 19.6 Å². The lowest BCUT2D eigenvalue weighted by atomic mass is 9.76. The second kappa shape index (κ2) is 4.40. The van der Waals surface area contributed by atoms with Crippen LogP contribution in [0.1, 0.15) is 50.6 Å². The Labute approximate surface area is 126 Å². The Morgan fingerprint density at radius 2 is 1.84 bits per heavy atom. The number of nitrogens with zero attached hydrogens (tertiary/aromatic N) is 4. The number of rotatable bonds is 2. The molecule has 19 heavy (non-hydrogen) atoms. The topological polar surface area (TPSA) is 43.1 Å². The van der Waals surface area contributed by atoms with E-state index in [0.717, 1.165) is 15.4 Å². The molecule has 0 unspecified atom stereocenters. The van der Waals surface area contributed by atoms with E-state index in [1.54, 1.807) is 6.20 Å². The van der Waals surface area contributed by atoms with E-state index in [2.05, 4.69) is 37.7 Å². The van der Waals surface area contributed by atoms with Gasteiger partial charge in [0.1, 0.15) is 3.70 Å². The van der Waals surface area contributed by atoms with Crippen molar-refractivity contribution >= 4 is 28.4 Å². The summed E-state index contributed by atoms with van der Waals surface area (Å²) in [5.74, 6) is 1.58. The van der Waals surface area contributed by atoms with E-state index in [1.807, 2.05) is 10.7 Å². The predicted octanol–water partition coefficient (Wildman–Crippen LogP) is 3.34. The average Bonchev–Trinajstić information content (AvgIpc) is 3.15. The lowest BCUT2D eigenvalue weighted by Gasteiger charge is -2.29. The van der Waals surface area contributed by atoms with Crippen molar-refractivity contribution in [3.05, 3.63) is 21.8 Å². The zero-order chi connectivity index (χ0) is 12.9. The fraction of sp³-hybridized carbons (Fsp3) is 0.643. The number of hydrogen-bond donors (Lipinski definition) is 0. The Morgan fingerprint density at radius 1 is 1.11 bits per heavy atom. The van der Waals surface area contributed by atoms with E-state index in [9.17, 15) is 0 Å². The van der Waals surface area contributed by atoms with E-state index in [-0.39, 0.29) is 0 Å². The summed E-state index contributed by atoms with van der Waals surface area (Å²) in [6.45, 7) is 0. The SMILES string of the molecule is Ic1cnc2ncc(C3(C4CCCCC4)CC3)n2n1. The molecule has 4 rings (SSSR count). The first-order valence-corrected chi connectivity index (χ1v) is 8.24. The number of halogens is 1. The summed E-state index contributed by atoms with van der Waals surface area (Å²) in [6, 6.07) is 0. The van der Waals surface area contributed by atoms with Crippen LogP contribution in [0.3, 0.4) is 0 Å². The fourth-order valence-electron chi connectivity index (χ4n) is 3.76. The highest BCUT2D eigenvalue weighted by Gasteiger charge is 2.52. The first-order chi connectivity index (χ1) is 9.29. The van der Waals surface area contributed by atoms with Crippen LogP contribution in [0.15, 0.2) is 12.4 Å². The molecule has 2 aromatic rings. The van der Waals surface area contributed by atoms with Crippen LogP contribution in [0.2, 0.25) is 0 Å². The summed E-state index contributed by atoms with van der Waals surface area (Å²) >= 11 is 2.22. The molecule has 2 aliphatic carbocycles. The second-order valence-electron chi connectivity index (χ2n) is 5.93. The number of imidazole rings is 1. The molecule has 0 atom stereocenters. The van der Waals surface area contributed by atoms with Crippen LogP contribution in [0.5, 0.6) is 0 Å². The molecule has 0 N–H and O–H groups in total. The van der Waals surface area contributed by atoms with Crippen molar-refractivity contribution in [1.82, 2.24) is 19.6 Å². The molecule has 2 fully saturated rings. The van der Waals surface area contributed by atoms with Gasteiger partial charge >= 0.3 is 0 Å². The first kappa shape index (κ1) is 12.1. The Bertz CT molecular complexity index is 611. The van der Waals surface area contributed by atoms with Gasteiger partial charge in [-0.3, -0.25) is 0 Å². The maximum Gasteiger partial charge on any atom is 0.250 e. The van der Waals surface area contributed by atoms with Gasteiger partial charge in [0.2, 0.25) is 0 Å². The molecule has 0 radical (unpaired) electrons. The van der Waals surface area contributed by atoms with Gasteiger partial charge in [0.25, 0.3) is 5.78 Å². The molecule has 2 aliphatic rings. The van der Waals surface area contributed by atoms with Crippen LogP contribution in [0.4, 0.5) is 0 Å². The molecule has 4 nitrogen and oxygen atoms in total. The maximum atomic E-state index is 4.62. The standard InChI is InChI=1S/C14H17IN4/c15-12-9-17-13-16-8-11(19(13)18-12)14(6-7-14)10-4-2-1-3-5-10/h8-10H,1-7H2. The minimum absolute atomic E-state index is 0.360. The highest BCUT2D eigenvalue weighted by atomic mass is 127. The molecule has 0 aromatic carbocycles. The van der Waals surface area contributed by atoms with Crippen LogP contribution >= 0.6 is 22.6 Å². The summed E-state index contributed by atoms with van der Waals surface area (Å²) in [5.41, 5.74) is 1.67. The number of hydrogen-bond acceptors (Lipinski definition) is 3. The van der Waals surface area contributed by atoms with Crippen LogP contribution in [0, 0.1) is 9.62 Å². The third kappa shape index (κ3) is 1.88. The number of fused-ring (bicyclic) bond motifs is 1. The fourth-order valence-corrected chi connectivity index (χ4v) is 4.11. The largest absolute Gasteiger partial charge is 0.250 e. The third-order valence-corrected chi connectivity index (χ3v) is 5.38. The van der Waals surface area contributed by atoms with E-state index in [0.29, 0.717) is 5.41 Å². The zero-order valence-corrected chi connectivity index (χ0v) is 13.0. The lowest BCUT2D eigenvalue weighted by Crippen LogP contribution is -2.25. The van der Waals surface area contributed by atoms with Crippen LogP contribution < -0.4 is 0 Å². The van der Waals surface area contributed by atoms with Crippen molar-refractivity contribution < 1.29 is 0 Å². The lowest BCUT2D eigenvalue weighted by molar-refractivity contribution is 0.283. The van der Waals surface area contributed by atoms with Gasteiger partial charge in [-0.15, -0.1) is 0 Å². The van der Waals surface area contributed by atoms with E-state index >= 15 is 0 Å². The van der Waals surface area contributed by atoms with E-state index < -0.39 is 0 Å². The maximum absolute atomic E-state index is 4.62. The van der Waals surface area contributed by atoms with Crippen molar-refractivity contribution in [3.63, 3.8) is 0 Å². The van der Waals surface area contributed by atoms with Gasteiger partial charge in [0.05, 0.1) is 18.1 Å². The third-order valence-electron chi connectivity index (χ3n) is 4.89. The summed E-state index contributed by atoms with van der Waals surface area (Å²) in [7, 11) is 0. The minimum atomic E-state index is 0.360. The summed E-state index contributed by atoms with van der Waals surface area (Å²) in [4.78, 5) is 8.82. The van der Waals surface area contributed by atoms with Crippen molar-refractivity contribution in [1.29, 1.82) is 0 Å². The monoisotopic (exact) mass is 368 g/mol. The molecule has 2 heterocycles. The Kier molecular flexibility index (Phi) is 2.79. The Morgan fingerprint density at radius 3 is 2.58 bits per heavy atom. The molecular weight excluding hydrogens is 351 g/mol. The molecule has 0 spiro atoms. The van der Waals surface area contributed by atoms with Crippen molar-refractivity contribution in [2.45, 2.75) is 50.4 Å². The van der Waals surface area contributed by atoms with Crippen LogP contribution in [0.25, 0.3) is 5.78 Å². The van der Waals surface area contributed by atoms with Gasteiger partial charge in [-0.1, -0.05) is 19.3 Å². The van der Waals surface area contributed by atoms with Crippen molar-refractivity contribution in [3.8, 4) is 0 Å². The van der Waals surface area contributed by atoms with Gasteiger partial charge in [-0.2, -0.15) is 9.61 Å². The molecule has 5 heteroatoms. The van der Waals surface area contributed by atoms with E-state index in [4.69, 9.17) is 0 Å². The summed E-state index contributed by atoms with van der Waals surface area (Å²) < 4.78 is 2.92. The van der Waals surface area contributed by atoms with Gasteiger partial charge in [0.15, 0.2) is 0 Å². The molecular formula is C14H17IN4. The smallest absolute Gasteiger partial charge is 0.218 e. The molecule has 0 amide bonds. The van der Waals surface area contributed by atoms with Gasteiger partial charge in [-0.05, 0) is 54.2 Å². The van der Waals surface area contributed by atoms with Gasteiger partial charge < -0.3 is 0 Å². The number of aromatic nitrogens is 4. The van der Waals surface area contributed by atoms with Crippen molar-refractivity contribution in [2.75, 3.05) is 0 Å². The average molecular weight is 368 g/mol. The van der Waals surface area contributed by atoms with Crippen molar-refractivity contribution in [2.24, 2.45) is 5.92 Å². The van der Waals surface area contributed by atoms with Gasteiger partial charge in [0, 0.05) is 5.41 Å². The van der Waals surface area contributed by atoms with Crippen LogP contribution in [-0.2, 0) is 5.41 Å². The molecule has 2 saturated carbocycles. The predicted molar refractivity (Wildman–Crippen MR) is 81.0 cm³/mol. The Balaban J connectivity index is 1.79. The summed E-state index contributed by atoms with van der Waals surface area (Å²) in [6.07, 6.45) is 13.4. The highest BCUT2D eigenvalue weighted by Crippen LogP contribution is 2.57. The highest BCUT2D eigenvalue weighted by molar-refractivity contribution is 14.1. The normalized spacial score (nSPS) is 22.8. The Hall–Kier alpha value is -0.720. The molecule has 0 saturated heterocycles. The van der Waals surface area contributed by atoms with E-state index in [1.165, 1.54) is 50.6 Å². The zero-order valence-electron chi connectivity index (χ0n) is 10.8. The molecule has 0 aliphatic heterocycles. The van der Waals surface area contributed by atoms with Gasteiger partial charge in [-0.25, -0.2) is 9.97 Å². The second-order valence-corrected chi connectivity index (χ2v) is 7.03. The minimum Gasteiger partial charge on any atom is -0.218 e. The molecule has 100 valence electrons. The quantitative estimate of drug-likeness (QED) is 0.764. The summed E-state index contributed by atoms with van der Waals surface area (Å²) in [5, 5.41) is 4.62. The molecule has 2 aromatic heterocycles.